The van der Waals surface area contributed by atoms with Crippen molar-refractivity contribution in [2.75, 3.05) is 0 Å². The van der Waals surface area contributed by atoms with E-state index in [9.17, 15) is 0 Å². The van der Waals surface area contributed by atoms with Crippen LogP contribution in [-0.2, 0) is 32.4 Å². The van der Waals surface area contributed by atoms with Crippen LogP contribution in [0.15, 0.2) is 136 Å². The van der Waals surface area contributed by atoms with Crippen molar-refractivity contribution in [3.05, 3.63) is 157 Å². The third kappa shape index (κ3) is 5.50. The van der Waals surface area contributed by atoms with Crippen LogP contribution < -0.4 is 0 Å². The van der Waals surface area contributed by atoms with E-state index in [0.29, 0.717) is 61.5 Å². The quantitative estimate of drug-likeness (QED) is 0.161. The summed E-state index contributed by atoms with van der Waals surface area (Å²) in [5, 5.41) is 2.75. The Bertz CT molecular complexity index is 3060. The number of para-hydroxylation sites is 1. The van der Waals surface area contributed by atoms with E-state index in [1.54, 1.807) is 30.6 Å². The van der Waals surface area contributed by atoms with Gasteiger partial charge < -0.3 is 18.4 Å². The molecule has 5 aromatic heterocycles. The van der Waals surface area contributed by atoms with Crippen molar-refractivity contribution in [2.24, 2.45) is 0 Å². The van der Waals surface area contributed by atoms with Gasteiger partial charge in [-0.3, -0.25) is 0 Å². The van der Waals surface area contributed by atoms with Gasteiger partial charge in [0.25, 0.3) is 5.92 Å². The van der Waals surface area contributed by atoms with Gasteiger partial charge in [-0.1, -0.05) is 115 Å². The van der Waals surface area contributed by atoms with Crippen LogP contribution in [0, 0.1) is 12.1 Å². The number of alkyl halides is 2. The Hall–Kier alpha value is -5.98. The number of rotatable bonds is 5. The van der Waals surface area contributed by atoms with Crippen molar-refractivity contribution >= 4 is 54.8 Å². The topological polar surface area (TPSA) is 69.9 Å². The monoisotopic (exact) mass is 903 g/mol. The molecule has 6 nitrogen and oxygen atoms in total. The maximum atomic E-state index is 17.4. The molecule has 10 aromatic rings. The number of pyridine rings is 2. The number of hydrogen-bond donors (Lipinski definition) is 0. The van der Waals surface area contributed by atoms with Gasteiger partial charge in [-0.25, -0.2) is 18.7 Å². The van der Waals surface area contributed by atoms with Crippen LogP contribution in [0.5, 0.6) is 0 Å². The molecule has 0 bridgehead atoms. The van der Waals surface area contributed by atoms with Crippen molar-refractivity contribution in [1.82, 2.24) is 19.5 Å². The molecule has 270 valence electrons. The van der Waals surface area contributed by atoms with Gasteiger partial charge >= 0.3 is 21.1 Å². The Morgan fingerprint density at radius 3 is 2.16 bits per heavy atom. The van der Waals surface area contributed by atoms with Gasteiger partial charge in [-0.05, 0) is 47.0 Å². The number of fused-ring (bicyclic) bond motifs is 8. The molecule has 0 fully saturated rings. The van der Waals surface area contributed by atoms with Gasteiger partial charge in [0, 0.05) is 34.3 Å². The summed E-state index contributed by atoms with van der Waals surface area (Å²) in [6.07, 6.45) is 3.31. The number of benzene rings is 5. The summed E-state index contributed by atoms with van der Waals surface area (Å²) in [5.41, 5.74) is 4.64. The van der Waals surface area contributed by atoms with Crippen LogP contribution in [0.2, 0.25) is 0 Å². The summed E-state index contributed by atoms with van der Waals surface area (Å²) in [4.78, 5) is 14.1. The molecule has 5 aromatic carbocycles. The zero-order chi connectivity index (χ0) is 36.8. The first-order valence-corrected chi connectivity index (χ1v) is 17.7. The first-order valence-electron chi connectivity index (χ1n) is 17.7. The smallest absolute Gasteiger partial charge is 0.500 e. The third-order valence-corrected chi connectivity index (χ3v) is 9.92. The average Bonchev–Trinajstić information content (AvgIpc) is 3.90. The van der Waals surface area contributed by atoms with Crippen molar-refractivity contribution in [2.45, 2.75) is 32.1 Å². The SMILES string of the molecule is CC(C)(C)c1nc2c(cc(-c3ccccc3)c3oc4c(-c5ccccn5)[c-]c(C(F)(F)c5[c-]c6c(cc5)c5ccccc5n6-c5ccccn5)cc4c32)o1.[Pt+2]. The fourth-order valence-electron chi connectivity index (χ4n) is 7.33. The van der Waals surface area contributed by atoms with Crippen molar-refractivity contribution in [3.8, 4) is 28.2 Å². The molecule has 0 radical (unpaired) electrons. The van der Waals surface area contributed by atoms with Crippen molar-refractivity contribution < 1.29 is 38.7 Å². The molecule has 9 heteroatoms. The molecule has 0 spiro atoms. The maximum absolute atomic E-state index is 17.4. The molecular weight excluding hydrogens is 874 g/mol. The molecule has 55 heavy (non-hydrogen) atoms. The van der Waals surface area contributed by atoms with Crippen molar-refractivity contribution in [3.63, 3.8) is 0 Å². The molecule has 0 unspecified atom stereocenters. The normalized spacial score (nSPS) is 12.3. The predicted octanol–water partition coefficient (Wildman–Crippen LogP) is 12.0. The number of oxazole rings is 1. The van der Waals surface area contributed by atoms with E-state index < -0.39 is 11.3 Å². The summed E-state index contributed by atoms with van der Waals surface area (Å²) < 4.78 is 49.8. The van der Waals surface area contributed by atoms with E-state index in [0.717, 1.165) is 27.4 Å². The second-order valence-electron chi connectivity index (χ2n) is 14.5. The molecule has 0 aliphatic rings. The van der Waals surface area contributed by atoms with E-state index in [4.69, 9.17) is 13.8 Å². The molecule has 10 rings (SSSR count). The standard InChI is InChI=1S/C46H30F2N4O2.Pt/c1-45(2,3)44-51-41-38(53-44)26-32(27-13-5-4-6-14-27)43-40(41)34-24-29(23-33(42(34)54-43)35-16-9-11-21-49-35)46(47,48)28-19-20-31-30-15-7-8-17-36(30)52(37(31)25-28)39-18-10-12-22-50-39;/h4-22,24,26H,1-3H3;/q-2;+2. The van der Waals surface area contributed by atoms with Crippen LogP contribution >= 0.6 is 0 Å². The number of halogens is 2. The van der Waals surface area contributed by atoms with E-state index in [1.807, 2.05) is 110 Å². The largest absolute Gasteiger partial charge is 2.00 e. The second kappa shape index (κ2) is 12.8. The molecule has 5 heterocycles. The Morgan fingerprint density at radius 2 is 1.42 bits per heavy atom. The number of aromatic nitrogens is 4. The molecule has 0 saturated heterocycles. The predicted molar refractivity (Wildman–Crippen MR) is 208 cm³/mol. The fourth-order valence-corrected chi connectivity index (χ4v) is 7.33. The minimum Gasteiger partial charge on any atom is -0.500 e. The van der Waals surface area contributed by atoms with Gasteiger partial charge in [0.05, 0.1) is 5.58 Å². The molecule has 0 amide bonds. The fraction of sp³-hybridized carbons (Fsp3) is 0.109. The number of furan rings is 1. The first kappa shape index (κ1) is 34.8. The van der Waals surface area contributed by atoms with Crippen LogP contribution in [0.4, 0.5) is 8.78 Å². The van der Waals surface area contributed by atoms with Crippen molar-refractivity contribution in [1.29, 1.82) is 0 Å². The Morgan fingerprint density at radius 1 is 0.673 bits per heavy atom. The molecule has 0 atom stereocenters. The molecular formula is C46H30F2N4O2Pt. The van der Waals surface area contributed by atoms with Gasteiger partial charge in [-0.15, -0.1) is 23.6 Å². The first-order chi connectivity index (χ1) is 26.2. The minimum atomic E-state index is -3.54. The Labute approximate surface area is 328 Å². The van der Waals surface area contributed by atoms with Crippen LogP contribution in [0.1, 0.15) is 37.8 Å². The Balaban J connectivity index is 0.00000397. The number of nitrogens with zero attached hydrogens (tertiary/aromatic N) is 4. The maximum Gasteiger partial charge on any atom is 2.00 e. The zero-order valence-corrected chi connectivity index (χ0v) is 32.1. The van der Waals surface area contributed by atoms with Crippen LogP contribution in [-0.4, -0.2) is 19.5 Å². The summed E-state index contributed by atoms with van der Waals surface area (Å²) in [5.74, 6) is -2.41. The molecule has 0 aliphatic carbocycles. The van der Waals surface area contributed by atoms with Gasteiger partial charge in [0.1, 0.15) is 16.9 Å². The third-order valence-electron chi connectivity index (χ3n) is 9.92. The summed E-state index contributed by atoms with van der Waals surface area (Å²) >= 11 is 0. The van der Waals surface area contributed by atoms with E-state index in [2.05, 4.69) is 22.1 Å². The second-order valence-corrected chi connectivity index (χ2v) is 14.5. The average molecular weight is 904 g/mol. The van der Waals surface area contributed by atoms with Gasteiger partial charge in [0.2, 0.25) is 5.89 Å². The van der Waals surface area contributed by atoms with Gasteiger partial charge in [-0.2, -0.15) is 12.1 Å². The van der Waals surface area contributed by atoms with Gasteiger partial charge in [0.15, 0.2) is 5.58 Å². The zero-order valence-electron chi connectivity index (χ0n) is 29.8. The molecule has 0 saturated carbocycles. The summed E-state index contributed by atoms with van der Waals surface area (Å²) in [7, 11) is 0. The summed E-state index contributed by atoms with van der Waals surface area (Å²) in [6, 6.07) is 41.3. The molecule has 0 N–H and O–H groups in total. The molecule has 0 aliphatic heterocycles. The van der Waals surface area contributed by atoms with E-state index >= 15 is 8.78 Å². The van der Waals surface area contributed by atoms with Crippen LogP contribution in [0.3, 0.4) is 0 Å². The number of hydrogen-bond acceptors (Lipinski definition) is 5. The van der Waals surface area contributed by atoms with E-state index in [1.165, 1.54) is 12.1 Å². The Kier molecular flexibility index (Phi) is 8.10. The minimum absolute atomic E-state index is 0. The van der Waals surface area contributed by atoms with Crippen LogP contribution in [0.25, 0.3) is 83.0 Å². The van der Waals surface area contributed by atoms with E-state index in [-0.39, 0.29) is 32.2 Å². The summed E-state index contributed by atoms with van der Waals surface area (Å²) in [6.45, 7) is 6.07.